The summed E-state index contributed by atoms with van der Waals surface area (Å²) >= 11 is 7.00. The second-order valence-electron chi connectivity index (χ2n) is 5.33. The van der Waals surface area contributed by atoms with Crippen molar-refractivity contribution in [1.29, 1.82) is 0 Å². The highest BCUT2D eigenvalue weighted by atomic mass is 32.2. The molecule has 0 aliphatic carbocycles. The molecule has 0 spiro atoms. The molecular formula is C16H25N3S2. The predicted octanol–water partition coefficient (Wildman–Crippen LogP) is 2.96. The highest BCUT2D eigenvalue weighted by Gasteiger charge is 2.28. The van der Waals surface area contributed by atoms with Crippen LogP contribution >= 0.6 is 24.0 Å². The van der Waals surface area contributed by atoms with Crippen molar-refractivity contribution in [1.82, 2.24) is 4.90 Å². The van der Waals surface area contributed by atoms with E-state index in [1.165, 1.54) is 17.0 Å². The van der Waals surface area contributed by atoms with Crippen molar-refractivity contribution < 1.29 is 0 Å². The molecule has 2 rings (SSSR count). The standard InChI is InChI=1S/C16H25N3S2/c1-4-18(5-2)12-9-10-19(11-12)13-7-6-8-14(21-3)15(13)16(17)20/h6-8,12H,4-5,9-11H2,1-3H3,(H2,17,20). The third kappa shape index (κ3) is 3.52. The Morgan fingerprint density at radius 3 is 2.71 bits per heavy atom. The lowest BCUT2D eigenvalue weighted by atomic mass is 10.1. The molecular weight excluding hydrogens is 298 g/mol. The van der Waals surface area contributed by atoms with Crippen molar-refractivity contribution in [3.05, 3.63) is 23.8 Å². The van der Waals surface area contributed by atoms with Crippen LogP contribution in [0.25, 0.3) is 0 Å². The largest absolute Gasteiger partial charge is 0.389 e. The van der Waals surface area contributed by atoms with Gasteiger partial charge < -0.3 is 10.6 Å². The Bertz CT molecular complexity index is 500. The van der Waals surface area contributed by atoms with Gasteiger partial charge >= 0.3 is 0 Å². The second kappa shape index (κ2) is 7.47. The first-order chi connectivity index (χ1) is 10.1. The normalized spacial score (nSPS) is 18.5. The zero-order chi connectivity index (χ0) is 15.4. The summed E-state index contributed by atoms with van der Waals surface area (Å²) in [6.07, 6.45) is 3.28. The molecule has 1 atom stereocenters. The van der Waals surface area contributed by atoms with E-state index in [1.54, 1.807) is 11.8 Å². The van der Waals surface area contributed by atoms with Crippen molar-refractivity contribution in [3.8, 4) is 0 Å². The van der Waals surface area contributed by atoms with Gasteiger partial charge in [-0.15, -0.1) is 11.8 Å². The van der Waals surface area contributed by atoms with Crippen LogP contribution in [0, 0.1) is 0 Å². The molecule has 116 valence electrons. The van der Waals surface area contributed by atoms with Crippen LogP contribution in [-0.4, -0.2) is 48.4 Å². The van der Waals surface area contributed by atoms with Gasteiger partial charge in [0, 0.05) is 35.3 Å². The lowest BCUT2D eigenvalue weighted by molar-refractivity contribution is 0.232. The molecule has 1 aromatic carbocycles. The number of thiocarbonyl (C=S) groups is 1. The molecule has 2 N–H and O–H groups in total. The van der Waals surface area contributed by atoms with Gasteiger partial charge in [-0.25, -0.2) is 0 Å². The number of benzene rings is 1. The van der Waals surface area contributed by atoms with Crippen LogP contribution in [0.3, 0.4) is 0 Å². The van der Waals surface area contributed by atoms with Crippen LogP contribution in [0.5, 0.6) is 0 Å². The van der Waals surface area contributed by atoms with Crippen molar-refractivity contribution >= 4 is 34.7 Å². The topological polar surface area (TPSA) is 32.5 Å². The quantitative estimate of drug-likeness (QED) is 0.643. The van der Waals surface area contributed by atoms with Gasteiger partial charge in [0.1, 0.15) is 4.99 Å². The molecule has 21 heavy (non-hydrogen) atoms. The van der Waals surface area contributed by atoms with E-state index in [-0.39, 0.29) is 0 Å². The summed E-state index contributed by atoms with van der Waals surface area (Å²) < 4.78 is 0. The molecule has 1 fully saturated rings. The Balaban J connectivity index is 2.26. The molecule has 0 saturated carbocycles. The molecule has 3 nitrogen and oxygen atoms in total. The van der Waals surface area contributed by atoms with Gasteiger partial charge in [0.15, 0.2) is 0 Å². The number of nitrogens with two attached hydrogens (primary N) is 1. The summed E-state index contributed by atoms with van der Waals surface area (Å²) in [4.78, 5) is 6.66. The van der Waals surface area contributed by atoms with Gasteiger partial charge in [-0.1, -0.05) is 32.1 Å². The van der Waals surface area contributed by atoms with E-state index in [2.05, 4.69) is 48.1 Å². The van der Waals surface area contributed by atoms with Crippen LogP contribution in [0.2, 0.25) is 0 Å². The first-order valence-electron chi connectivity index (χ1n) is 7.58. The average molecular weight is 324 g/mol. The summed E-state index contributed by atoms with van der Waals surface area (Å²) in [5.41, 5.74) is 8.23. The first-order valence-corrected chi connectivity index (χ1v) is 9.21. The van der Waals surface area contributed by atoms with Gasteiger partial charge in [-0.3, -0.25) is 4.90 Å². The van der Waals surface area contributed by atoms with Crippen molar-refractivity contribution in [2.75, 3.05) is 37.3 Å². The fourth-order valence-corrected chi connectivity index (χ4v) is 4.11. The molecule has 5 heteroatoms. The Labute approximate surface area is 137 Å². The fraction of sp³-hybridized carbons (Fsp3) is 0.562. The minimum absolute atomic E-state index is 0.501. The van der Waals surface area contributed by atoms with E-state index >= 15 is 0 Å². The number of hydrogen-bond donors (Lipinski definition) is 1. The van der Waals surface area contributed by atoms with E-state index < -0.39 is 0 Å². The Morgan fingerprint density at radius 1 is 1.43 bits per heavy atom. The van der Waals surface area contributed by atoms with Crippen molar-refractivity contribution in [2.45, 2.75) is 31.2 Å². The first kappa shape index (κ1) is 16.6. The van der Waals surface area contributed by atoms with Crippen LogP contribution in [-0.2, 0) is 0 Å². The third-order valence-electron chi connectivity index (χ3n) is 4.30. The minimum Gasteiger partial charge on any atom is -0.389 e. The summed E-state index contributed by atoms with van der Waals surface area (Å²) in [5, 5.41) is 0. The maximum absolute atomic E-state index is 5.99. The van der Waals surface area contributed by atoms with Gasteiger partial charge in [0.05, 0.1) is 0 Å². The Hall–Kier alpha value is -0.780. The zero-order valence-electron chi connectivity index (χ0n) is 13.1. The number of likely N-dealkylation sites (N-methyl/N-ethyl adjacent to an activating group) is 1. The molecule has 1 aromatic rings. The number of nitrogens with zero attached hydrogens (tertiary/aromatic N) is 2. The van der Waals surface area contributed by atoms with E-state index in [1.807, 2.05) is 0 Å². The number of anilines is 1. The van der Waals surface area contributed by atoms with E-state index in [4.69, 9.17) is 18.0 Å². The van der Waals surface area contributed by atoms with E-state index in [0.717, 1.165) is 31.7 Å². The number of hydrogen-bond acceptors (Lipinski definition) is 4. The zero-order valence-corrected chi connectivity index (χ0v) is 14.8. The van der Waals surface area contributed by atoms with Crippen LogP contribution in [0.1, 0.15) is 25.8 Å². The number of rotatable bonds is 6. The fourth-order valence-electron chi connectivity index (χ4n) is 3.20. The third-order valence-corrected chi connectivity index (χ3v) is 5.29. The molecule has 1 aliphatic rings. The molecule has 1 unspecified atom stereocenters. The van der Waals surface area contributed by atoms with Gasteiger partial charge in [0.2, 0.25) is 0 Å². The smallest absolute Gasteiger partial charge is 0.107 e. The molecule has 0 bridgehead atoms. The molecule has 0 radical (unpaired) electrons. The Kier molecular flexibility index (Phi) is 5.90. The van der Waals surface area contributed by atoms with Crippen LogP contribution in [0.15, 0.2) is 23.1 Å². The molecule has 1 aliphatic heterocycles. The molecule has 1 saturated heterocycles. The average Bonchev–Trinajstić information content (AvgIpc) is 2.97. The van der Waals surface area contributed by atoms with Crippen LogP contribution < -0.4 is 10.6 Å². The monoisotopic (exact) mass is 323 g/mol. The lowest BCUT2D eigenvalue weighted by Gasteiger charge is -2.27. The minimum atomic E-state index is 0.501. The summed E-state index contributed by atoms with van der Waals surface area (Å²) in [7, 11) is 0. The van der Waals surface area contributed by atoms with Gasteiger partial charge in [-0.2, -0.15) is 0 Å². The van der Waals surface area contributed by atoms with E-state index in [9.17, 15) is 0 Å². The highest BCUT2D eigenvalue weighted by molar-refractivity contribution is 7.98. The molecule has 0 aromatic heterocycles. The van der Waals surface area contributed by atoms with Gasteiger partial charge in [-0.05, 0) is 37.9 Å². The van der Waals surface area contributed by atoms with Crippen molar-refractivity contribution in [2.24, 2.45) is 5.73 Å². The molecule has 1 heterocycles. The Morgan fingerprint density at radius 2 is 2.14 bits per heavy atom. The number of thioether (sulfide) groups is 1. The van der Waals surface area contributed by atoms with Crippen LogP contribution in [0.4, 0.5) is 5.69 Å². The summed E-state index contributed by atoms with van der Waals surface area (Å²) in [5.74, 6) is 0. The SMILES string of the molecule is CCN(CC)C1CCN(c2cccc(SC)c2C(N)=S)C1. The maximum Gasteiger partial charge on any atom is 0.107 e. The molecule has 0 amide bonds. The predicted molar refractivity (Wildman–Crippen MR) is 97.6 cm³/mol. The maximum atomic E-state index is 5.99. The second-order valence-corrected chi connectivity index (χ2v) is 6.62. The van der Waals surface area contributed by atoms with E-state index in [0.29, 0.717) is 11.0 Å². The van der Waals surface area contributed by atoms with Crippen molar-refractivity contribution in [3.63, 3.8) is 0 Å². The lowest BCUT2D eigenvalue weighted by Crippen LogP contribution is -2.37. The van der Waals surface area contributed by atoms with Gasteiger partial charge in [0.25, 0.3) is 0 Å². The summed E-state index contributed by atoms with van der Waals surface area (Å²) in [6, 6.07) is 6.99. The highest BCUT2D eigenvalue weighted by Crippen LogP contribution is 2.32. The summed E-state index contributed by atoms with van der Waals surface area (Å²) in [6.45, 7) is 8.84.